The fourth-order valence-corrected chi connectivity index (χ4v) is 2.05. The molecule has 0 aromatic carbocycles. The quantitative estimate of drug-likeness (QED) is 0.638. The minimum atomic E-state index is 0.752. The first-order valence-corrected chi connectivity index (χ1v) is 5.82. The monoisotopic (exact) mass is 205 g/mol. The van der Waals surface area contributed by atoms with Crippen molar-refractivity contribution in [2.45, 2.75) is 26.7 Å². The van der Waals surface area contributed by atoms with Crippen molar-refractivity contribution in [1.82, 2.24) is 4.90 Å². The maximum Gasteiger partial charge on any atom is -0.00159 e. The van der Waals surface area contributed by atoms with Crippen LogP contribution in [-0.2, 0) is 0 Å². The normalized spacial score (nSPS) is 21.1. The van der Waals surface area contributed by atoms with Crippen molar-refractivity contribution < 1.29 is 0 Å². The Morgan fingerprint density at radius 1 is 1.27 bits per heavy atom. The third-order valence-corrected chi connectivity index (χ3v) is 3.08. The van der Waals surface area contributed by atoms with Crippen molar-refractivity contribution in [3.63, 3.8) is 0 Å². The smallest absolute Gasteiger partial charge is 0.00159 e. The topological polar surface area (TPSA) is 3.24 Å². The van der Waals surface area contributed by atoms with Gasteiger partial charge >= 0.3 is 0 Å². The fraction of sp³-hybridized carbons (Fsp3) is 0.571. The molecule has 1 rings (SSSR count). The van der Waals surface area contributed by atoms with Gasteiger partial charge in [0.1, 0.15) is 0 Å². The minimum Gasteiger partial charge on any atom is -0.306 e. The van der Waals surface area contributed by atoms with Gasteiger partial charge in [0.05, 0.1) is 0 Å². The summed E-state index contributed by atoms with van der Waals surface area (Å²) >= 11 is 0. The van der Waals surface area contributed by atoms with Crippen LogP contribution in [0.4, 0.5) is 0 Å². The Labute approximate surface area is 94.2 Å². The van der Waals surface area contributed by atoms with Crippen molar-refractivity contribution in [1.29, 1.82) is 0 Å². The van der Waals surface area contributed by atoms with E-state index in [1.807, 2.05) is 6.92 Å². The predicted molar refractivity (Wildman–Crippen MR) is 67.9 cm³/mol. The number of piperidine rings is 1. The Morgan fingerprint density at radius 2 is 1.87 bits per heavy atom. The maximum absolute atomic E-state index is 3.90. The standard InChI is InChI=1S/C14H23N/c1-5-13(7-6-12(2)3)14-8-10-15(4)11-9-14/h5-7,14H,2,8-11H2,1,3-4H3/b7-6-,13-5+. The summed E-state index contributed by atoms with van der Waals surface area (Å²) in [5, 5.41) is 0. The highest BCUT2D eigenvalue weighted by Gasteiger charge is 2.18. The van der Waals surface area contributed by atoms with E-state index in [0.29, 0.717) is 0 Å². The van der Waals surface area contributed by atoms with E-state index in [9.17, 15) is 0 Å². The van der Waals surface area contributed by atoms with Gasteiger partial charge in [-0.25, -0.2) is 0 Å². The molecule has 0 radical (unpaired) electrons. The van der Waals surface area contributed by atoms with Crippen LogP contribution >= 0.6 is 0 Å². The maximum atomic E-state index is 3.90. The largest absolute Gasteiger partial charge is 0.306 e. The lowest BCUT2D eigenvalue weighted by molar-refractivity contribution is 0.240. The van der Waals surface area contributed by atoms with E-state index in [1.54, 1.807) is 0 Å². The van der Waals surface area contributed by atoms with Crippen LogP contribution in [0.3, 0.4) is 0 Å². The third kappa shape index (κ3) is 4.05. The summed E-state index contributed by atoms with van der Waals surface area (Å²) in [5.74, 6) is 0.752. The van der Waals surface area contributed by atoms with Crippen LogP contribution in [0.15, 0.2) is 36.0 Å². The second-order valence-corrected chi connectivity index (χ2v) is 4.55. The van der Waals surface area contributed by atoms with E-state index in [4.69, 9.17) is 0 Å². The second-order valence-electron chi connectivity index (χ2n) is 4.55. The summed E-state index contributed by atoms with van der Waals surface area (Å²) in [7, 11) is 2.20. The van der Waals surface area contributed by atoms with Crippen molar-refractivity contribution in [3.05, 3.63) is 36.0 Å². The number of allylic oxidation sites excluding steroid dienone is 5. The Morgan fingerprint density at radius 3 is 2.33 bits per heavy atom. The lowest BCUT2D eigenvalue weighted by Crippen LogP contribution is -2.30. The van der Waals surface area contributed by atoms with Gasteiger partial charge in [-0.05, 0) is 58.3 Å². The molecule has 1 nitrogen and oxygen atoms in total. The molecule has 0 aromatic heterocycles. The van der Waals surface area contributed by atoms with E-state index in [0.717, 1.165) is 11.5 Å². The summed E-state index contributed by atoms with van der Waals surface area (Å²) < 4.78 is 0. The van der Waals surface area contributed by atoms with Gasteiger partial charge in [0, 0.05) is 0 Å². The molecule has 0 atom stereocenters. The van der Waals surface area contributed by atoms with Crippen molar-refractivity contribution in [2.24, 2.45) is 5.92 Å². The van der Waals surface area contributed by atoms with Gasteiger partial charge in [0.15, 0.2) is 0 Å². The molecule has 1 saturated heterocycles. The molecule has 1 heteroatoms. The van der Waals surface area contributed by atoms with Crippen LogP contribution in [0, 0.1) is 5.92 Å². The zero-order valence-electron chi connectivity index (χ0n) is 10.3. The van der Waals surface area contributed by atoms with Gasteiger partial charge in [-0.3, -0.25) is 0 Å². The number of hydrogen-bond acceptors (Lipinski definition) is 1. The molecule has 1 aliphatic rings. The van der Waals surface area contributed by atoms with Crippen LogP contribution in [0.5, 0.6) is 0 Å². The van der Waals surface area contributed by atoms with E-state index < -0.39 is 0 Å². The Balaban J connectivity index is 2.56. The van der Waals surface area contributed by atoms with Crippen LogP contribution in [0.1, 0.15) is 26.7 Å². The molecule has 0 N–H and O–H groups in total. The van der Waals surface area contributed by atoms with Gasteiger partial charge in [-0.2, -0.15) is 0 Å². The zero-order chi connectivity index (χ0) is 11.3. The summed E-state index contributed by atoms with van der Waals surface area (Å²) in [4.78, 5) is 2.41. The number of nitrogens with zero attached hydrogens (tertiary/aromatic N) is 1. The highest BCUT2D eigenvalue weighted by atomic mass is 15.1. The van der Waals surface area contributed by atoms with E-state index in [-0.39, 0.29) is 0 Å². The molecule has 0 bridgehead atoms. The van der Waals surface area contributed by atoms with Crippen molar-refractivity contribution in [2.75, 3.05) is 20.1 Å². The lowest BCUT2D eigenvalue weighted by Gasteiger charge is -2.29. The SMILES string of the molecule is C=C(C)/C=C\C(=C/C)C1CCN(C)CC1. The van der Waals surface area contributed by atoms with Gasteiger partial charge in [0.2, 0.25) is 0 Å². The summed E-state index contributed by atoms with van der Waals surface area (Å²) in [5.41, 5.74) is 2.60. The molecule has 0 amide bonds. The van der Waals surface area contributed by atoms with Crippen LogP contribution in [-0.4, -0.2) is 25.0 Å². The van der Waals surface area contributed by atoms with Gasteiger partial charge < -0.3 is 4.90 Å². The summed E-state index contributed by atoms with van der Waals surface area (Å²) in [6.07, 6.45) is 9.18. The Hall–Kier alpha value is -0.820. The lowest BCUT2D eigenvalue weighted by atomic mass is 9.88. The molecule has 84 valence electrons. The molecule has 0 unspecified atom stereocenters. The molecular formula is C14H23N. The van der Waals surface area contributed by atoms with Gasteiger partial charge in [-0.1, -0.05) is 30.4 Å². The van der Waals surface area contributed by atoms with Crippen LogP contribution < -0.4 is 0 Å². The number of likely N-dealkylation sites (tertiary alicyclic amines) is 1. The van der Waals surface area contributed by atoms with E-state index >= 15 is 0 Å². The first kappa shape index (κ1) is 12.3. The molecule has 0 saturated carbocycles. The third-order valence-electron chi connectivity index (χ3n) is 3.08. The Kier molecular flexibility index (Phi) is 4.83. The van der Waals surface area contributed by atoms with Crippen LogP contribution in [0.2, 0.25) is 0 Å². The highest BCUT2D eigenvalue weighted by Crippen LogP contribution is 2.25. The first-order valence-electron chi connectivity index (χ1n) is 5.82. The fourth-order valence-electron chi connectivity index (χ4n) is 2.05. The van der Waals surface area contributed by atoms with Crippen molar-refractivity contribution >= 4 is 0 Å². The molecule has 15 heavy (non-hydrogen) atoms. The molecular weight excluding hydrogens is 182 g/mol. The highest BCUT2D eigenvalue weighted by molar-refractivity contribution is 5.27. The average Bonchev–Trinajstić information content (AvgIpc) is 2.21. The molecule has 1 aliphatic heterocycles. The summed E-state index contributed by atoms with van der Waals surface area (Å²) in [6.45, 7) is 10.5. The first-order chi connectivity index (χ1) is 7.13. The molecule has 0 aliphatic carbocycles. The van der Waals surface area contributed by atoms with Crippen molar-refractivity contribution in [3.8, 4) is 0 Å². The molecule has 0 spiro atoms. The number of hydrogen-bond donors (Lipinski definition) is 0. The van der Waals surface area contributed by atoms with Gasteiger partial charge in [-0.15, -0.1) is 0 Å². The molecule has 0 aromatic rings. The van der Waals surface area contributed by atoms with Gasteiger partial charge in [0.25, 0.3) is 0 Å². The Bertz CT molecular complexity index is 265. The van der Waals surface area contributed by atoms with E-state index in [1.165, 1.54) is 31.5 Å². The summed E-state index contributed by atoms with van der Waals surface area (Å²) in [6, 6.07) is 0. The molecule has 1 fully saturated rings. The molecule has 1 heterocycles. The zero-order valence-corrected chi connectivity index (χ0v) is 10.3. The average molecular weight is 205 g/mol. The minimum absolute atomic E-state index is 0.752. The second kappa shape index (κ2) is 5.92. The number of rotatable bonds is 3. The van der Waals surface area contributed by atoms with Crippen LogP contribution in [0.25, 0.3) is 0 Å². The van der Waals surface area contributed by atoms with E-state index in [2.05, 4.69) is 43.7 Å². The predicted octanol–water partition coefficient (Wildman–Crippen LogP) is 3.41.